The molecule has 0 saturated heterocycles. The Morgan fingerprint density at radius 2 is 0.407 bits per heavy atom. The molecule has 29 aromatic rings. The molecule has 5 nitrogen and oxygen atoms in total. The second-order valence-corrected chi connectivity index (χ2v) is 35.2. The second-order valence-electron chi connectivity index (χ2n) is 35.2. The summed E-state index contributed by atoms with van der Waals surface area (Å²) in [4.78, 5) is 0. The third-order valence-corrected chi connectivity index (χ3v) is 27.9. The van der Waals surface area contributed by atoms with Crippen LogP contribution in [-0.2, 0) is 0 Å². The average Bonchev–Trinajstić information content (AvgIpc) is 1.68. The van der Waals surface area contributed by atoms with E-state index in [1.807, 2.05) is 18.2 Å². The van der Waals surface area contributed by atoms with Crippen LogP contribution in [0.3, 0.4) is 0 Å². The molecule has 0 aliphatic rings. The predicted octanol–water partition coefficient (Wildman–Crippen LogP) is 37.2. The van der Waals surface area contributed by atoms with Crippen molar-refractivity contribution < 1.29 is 17.7 Å². The molecule has 0 amide bonds. The molecular weight excluding hydrogens is 1640 g/mol. The summed E-state index contributed by atoms with van der Waals surface area (Å²) in [6, 6.07) is 172. The van der Waals surface area contributed by atoms with Crippen LogP contribution in [0, 0.1) is 0 Å². The predicted molar refractivity (Wildman–Crippen MR) is 569 cm³/mol. The van der Waals surface area contributed by atoms with Crippen molar-refractivity contribution in [3.63, 3.8) is 0 Å². The first kappa shape index (κ1) is 77.1. The van der Waals surface area contributed by atoms with Crippen molar-refractivity contribution in [1.29, 1.82) is 0 Å². The third-order valence-electron chi connectivity index (χ3n) is 27.9. The Hall–Kier alpha value is -17.9. The van der Waals surface area contributed by atoms with Gasteiger partial charge >= 0.3 is 0 Å². The minimum absolute atomic E-state index is 0.885. The molecule has 5 heteroatoms. The minimum Gasteiger partial charge on any atom is -0.456 e. The van der Waals surface area contributed by atoms with E-state index in [0.29, 0.717) is 0 Å². The first-order valence-electron chi connectivity index (χ1n) is 46.2. The molecule has 0 fully saturated rings. The Bertz CT molecular complexity index is 9670. The Kier molecular flexibility index (Phi) is 18.0. The standard InChI is InChI=1S/C44H27NO.C44H26O2.C42H26O/c1-2-14-28(15-3-1)41-31-18-4-6-20-33(31)42(34-21-7-5-19-32(34)41)36-26-27-39(44-43(36)35-22-10-13-25-40(35)46-44)45-37-23-11-8-16-29(37)30-17-9-12-24-38(30)45;1-2-12-27(13-3-1)41-31-15-4-6-17-33(31)42(34-18-7-5-16-32(34)41)36-24-23-29(44-43(36)35-19-9-11-21-39(35)46-44)28-22-25-40-37(26-28)30-14-8-10-20-38(30)45-40;1-2-13-28(14-3-1)39-32-16-6-8-18-34(32)40(35-19-9-7-17-33(35)39)37-25-24-31(30-23-22-27-12-4-5-15-29(27)26-30)42-41(37)36-20-10-11-21-38(36)43-42/h1-27H;1-26H;1-26H. The van der Waals surface area contributed by atoms with Crippen LogP contribution in [0.2, 0.25) is 0 Å². The number of hydrogen-bond donors (Lipinski definition) is 0. The van der Waals surface area contributed by atoms with Crippen molar-refractivity contribution in [2.45, 2.75) is 0 Å². The molecule has 0 unspecified atom stereocenters. The zero-order valence-electron chi connectivity index (χ0n) is 73.2. The van der Waals surface area contributed by atoms with Crippen molar-refractivity contribution in [1.82, 2.24) is 4.57 Å². The van der Waals surface area contributed by atoms with E-state index in [9.17, 15) is 0 Å². The van der Waals surface area contributed by atoms with Gasteiger partial charge in [0.1, 0.15) is 39.1 Å². The van der Waals surface area contributed by atoms with Gasteiger partial charge in [0.05, 0.1) is 16.7 Å². The fourth-order valence-corrected chi connectivity index (χ4v) is 22.2. The summed E-state index contributed by atoms with van der Waals surface area (Å²) in [5.41, 5.74) is 29.7. The summed E-state index contributed by atoms with van der Waals surface area (Å²) in [7, 11) is 0. The van der Waals surface area contributed by atoms with Gasteiger partial charge in [0.2, 0.25) is 0 Å². The average molecular weight is 1720 g/mol. The Morgan fingerprint density at radius 3 is 0.800 bits per heavy atom. The van der Waals surface area contributed by atoms with E-state index >= 15 is 0 Å². The summed E-state index contributed by atoms with van der Waals surface area (Å²) in [6.07, 6.45) is 0. The van der Waals surface area contributed by atoms with Gasteiger partial charge in [-0.05, 0) is 226 Å². The fourth-order valence-electron chi connectivity index (χ4n) is 22.2. The Morgan fingerprint density at radius 1 is 0.141 bits per heavy atom. The van der Waals surface area contributed by atoms with Crippen LogP contribution >= 0.6 is 0 Å². The van der Waals surface area contributed by atoms with Crippen molar-refractivity contribution in [2.75, 3.05) is 0 Å². The molecule has 0 N–H and O–H groups in total. The van der Waals surface area contributed by atoms with Crippen molar-refractivity contribution in [3.05, 3.63) is 479 Å². The molecule has 24 aromatic carbocycles. The molecule has 5 aromatic heterocycles. The molecule has 0 spiro atoms. The lowest BCUT2D eigenvalue weighted by Gasteiger charge is -2.19. The number of rotatable bonds is 9. The van der Waals surface area contributed by atoms with E-state index in [4.69, 9.17) is 17.7 Å². The van der Waals surface area contributed by atoms with Crippen LogP contribution in [0.4, 0.5) is 0 Å². The quantitative estimate of drug-likeness (QED) is 0.135. The lowest BCUT2D eigenvalue weighted by atomic mass is 9.84. The number of para-hydroxylation sites is 6. The topological polar surface area (TPSA) is 57.5 Å². The van der Waals surface area contributed by atoms with Gasteiger partial charge in [0.15, 0.2) is 5.58 Å². The summed E-state index contributed by atoms with van der Waals surface area (Å²) < 4.78 is 28.9. The zero-order chi connectivity index (χ0) is 88.7. The number of nitrogens with zero attached hydrogens (tertiary/aromatic N) is 1. The number of fused-ring (bicyclic) bond motifs is 22. The van der Waals surface area contributed by atoms with Gasteiger partial charge in [-0.25, -0.2) is 0 Å². The largest absolute Gasteiger partial charge is 0.456 e. The first-order chi connectivity index (χ1) is 67.0. The summed E-state index contributed by atoms with van der Waals surface area (Å²) >= 11 is 0. The molecule has 0 bridgehead atoms. The van der Waals surface area contributed by atoms with E-state index in [1.165, 1.54) is 164 Å². The Balaban J connectivity index is 0.000000103. The van der Waals surface area contributed by atoms with E-state index in [0.717, 1.165) is 116 Å². The summed E-state index contributed by atoms with van der Waals surface area (Å²) in [6.45, 7) is 0. The summed E-state index contributed by atoms with van der Waals surface area (Å²) in [5, 5.41) is 28.8. The highest BCUT2D eigenvalue weighted by molar-refractivity contribution is 6.31. The molecule has 135 heavy (non-hydrogen) atoms. The van der Waals surface area contributed by atoms with Crippen LogP contribution in [0.1, 0.15) is 0 Å². The Labute approximate surface area is 775 Å². The van der Waals surface area contributed by atoms with Gasteiger partial charge in [-0.2, -0.15) is 0 Å². The molecule has 0 aliphatic heterocycles. The van der Waals surface area contributed by atoms with Gasteiger partial charge in [0, 0.05) is 65.0 Å². The highest BCUT2D eigenvalue weighted by Crippen LogP contribution is 2.55. The molecule has 0 aliphatic carbocycles. The molecule has 0 atom stereocenters. The summed E-state index contributed by atoms with van der Waals surface area (Å²) in [5.74, 6) is 0. The smallest absolute Gasteiger partial charge is 0.160 e. The lowest BCUT2D eigenvalue weighted by Crippen LogP contribution is -1.96. The van der Waals surface area contributed by atoms with Crippen LogP contribution < -0.4 is 0 Å². The number of aromatic nitrogens is 1. The molecule has 29 rings (SSSR count). The van der Waals surface area contributed by atoms with Crippen LogP contribution in [0.25, 0.3) is 280 Å². The van der Waals surface area contributed by atoms with Gasteiger partial charge < -0.3 is 22.2 Å². The highest BCUT2D eigenvalue weighted by Gasteiger charge is 2.29. The first-order valence-corrected chi connectivity index (χ1v) is 46.2. The molecule has 0 radical (unpaired) electrons. The molecule has 5 heterocycles. The van der Waals surface area contributed by atoms with Gasteiger partial charge in [-0.15, -0.1) is 0 Å². The number of benzene rings is 24. The number of furan rings is 4. The van der Waals surface area contributed by atoms with Gasteiger partial charge in [-0.3, -0.25) is 0 Å². The van der Waals surface area contributed by atoms with Gasteiger partial charge in [-0.1, -0.05) is 406 Å². The van der Waals surface area contributed by atoms with E-state index < -0.39 is 0 Å². The van der Waals surface area contributed by atoms with Crippen molar-refractivity contribution >= 4 is 185 Å². The molecule has 0 saturated carbocycles. The van der Waals surface area contributed by atoms with Crippen molar-refractivity contribution in [2.24, 2.45) is 0 Å². The van der Waals surface area contributed by atoms with E-state index in [-0.39, 0.29) is 0 Å². The van der Waals surface area contributed by atoms with E-state index in [1.54, 1.807) is 0 Å². The van der Waals surface area contributed by atoms with E-state index in [2.05, 4.69) is 466 Å². The minimum atomic E-state index is 0.885. The lowest BCUT2D eigenvalue weighted by molar-refractivity contribution is 0.666. The van der Waals surface area contributed by atoms with Crippen molar-refractivity contribution in [3.8, 4) is 94.7 Å². The number of hydrogen-bond acceptors (Lipinski definition) is 4. The van der Waals surface area contributed by atoms with Crippen LogP contribution in [0.5, 0.6) is 0 Å². The maximum absolute atomic E-state index is 6.86. The van der Waals surface area contributed by atoms with Gasteiger partial charge in [0.25, 0.3) is 0 Å². The third kappa shape index (κ3) is 12.3. The maximum atomic E-state index is 6.86. The monoisotopic (exact) mass is 1720 g/mol. The normalized spacial score (nSPS) is 11.9. The second kappa shape index (κ2) is 31.5. The highest BCUT2D eigenvalue weighted by atomic mass is 16.3. The van der Waals surface area contributed by atoms with Crippen LogP contribution in [0.15, 0.2) is 497 Å². The van der Waals surface area contributed by atoms with Crippen LogP contribution in [-0.4, -0.2) is 4.57 Å². The molecular formula is C130H79NO4. The maximum Gasteiger partial charge on any atom is 0.160 e. The SMILES string of the molecule is c1ccc(-c2c3ccccc3c(-c3ccc(-c4ccc5ccccc5c4)c4oc5ccccc5c34)c3ccccc23)cc1.c1ccc(-c2c3ccccc3c(-c3ccc(-c4ccc5oc6ccccc6c5c4)c4oc5ccccc5c34)c3ccccc23)cc1.c1ccc(-c2c3ccccc3c(-c3ccc(-n4c5ccccc5c5ccccc54)c4oc5ccccc5c34)c3ccccc23)cc1. The fraction of sp³-hybridized carbons (Fsp3) is 0. The zero-order valence-corrected chi connectivity index (χ0v) is 73.2. The molecule has 628 valence electrons.